The molecular formula is C12H16IO. The highest BCUT2D eigenvalue weighted by molar-refractivity contribution is 14.1. The average molecular weight is 303 g/mol. The van der Waals surface area contributed by atoms with Crippen LogP contribution in [0.1, 0.15) is 31.2 Å². The molecule has 0 bridgehead atoms. The van der Waals surface area contributed by atoms with Crippen molar-refractivity contribution in [2.24, 2.45) is 0 Å². The summed E-state index contributed by atoms with van der Waals surface area (Å²) in [5.41, 5.74) is 1.42. The van der Waals surface area contributed by atoms with Crippen LogP contribution in [0.4, 0.5) is 0 Å². The molecule has 0 fully saturated rings. The first kappa shape index (κ1) is 12.0. The number of aryl methyl sites for hydroxylation is 1. The second kappa shape index (κ2) is 7.23. The fourth-order valence-corrected chi connectivity index (χ4v) is 2.08. The molecule has 2 heteroatoms. The lowest BCUT2D eigenvalue weighted by molar-refractivity contribution is 0.186. The van der Waals surface area contributed by atoms with Gasteiger partial charge in [-0.1, -0.05) is 25.0 Å². The maximum atomic E-state index is 10.2. The fourth-order valence-electron chi connectivity index (χ4n) is 1.48. The molecule has 0 aliphatic heterocycles. The predicted octanol–water partition coefficient (Wildman–Crippen LogP) is 3.82. The van der Waals surface area contributed by atoms with Crippen LogP contribution in [-0.4, -0.2) is 6.61 Å². The monoisotopic (exact) mass is 303 g/mol. The molecular weight excluding hydrogens is 287 g/mol. The molecule has 0 saturated heterocycles. The van der Waals surface area contributed by atoms with Gasteiger partial charge in [-0.2, -0.15) is 0 Å². The minimum absolute atomic E-state index is 0.0865. The molecule has 1 radical (unpaired) electrons. The Morgan fingerprint density at radius 2 is 1.86 bits per heavy atom. The molecule has 14 heavy (non-hydrogen) atoms. The van der Waals surface area contributed by atoms with Crippen LogP contribution >= 0.6 is 22.6 Å². The highest BCUT2D eigenvalue weighted by Gasteiger charge is 1.94. The first-order chi connectivity index (χ1) is 6.83. The minimum Gasteiger partial charge on any atom is -0.237 e. The highest BCUT2D eigenvalue weighted by Crippen LogP contribution is 2.11. The van der Waals surface area contributed by atoms with Gasteiger partial charge >= 0.3 is 0 Å². The van der Waals surface area contributed by atoms with Gasteiger partial charge in [-0.3, -0.25) is 0 Å². The van der Waals surface area contributed by atoms with Crippen LogP contribution in [0.3, 0.4) is 0 Å². The zero-order valence-corrected chi connectivity index (χ0v) is 10.5. The first-order valence-corrected chi connectivity index (χ1v) is 6.23. The maximum absolute atomic E-state index is 10.2. The lowest BCUT2D eigenvalue weighted by Gasteiger charge is -2.01. The standard InChI is InChI=1S/C12H16IO/c13-12-8-5-7-11(10-12)6-3-1-2-4-9-14/h5,7-8,10H,1-4,6,9H2. The Labute approximate surface area is 99.7 Å². The van der Waals surface area contributed by atoms with Crippen LogP contribution in [0.25, 0.3) is 0 Å². The lowest BCUT2D eigenvalue weighted by atomic mass is 10.1. The van der Waals surface area contributed by atoms with Crippen molar-refractivity contribution >= 4 is 22.6 Å². The summed E-state index contributed by atoms with van der Waals surface area (Å²) in [4.78, 5) is 0. The van der Waals surface area contributed by atoms with E-state index in [1.807, 2.05) is 0 Å². The zero-order chi connectivity index (χ0) is 10.2. The summed E-state index contributed by atoms with van der Waals surface area (Å²) in [6.07, 6.45) is 5.48. The molecule has 0 atom stereocenters. The van der Waals surface area contributed by atoms with E-state index < -0.39 is 0 Å². The molecule has 1 aromatic carbocycles. The molecule has 1 nitrogen and oxygen atoms in total. The molecule has 1 aromatic rings. The summed E-state index contributed by atoms with van der Waals surface area (Å²) in [6.45, 7) is 0.0865. The van der Waals surface area contributed by atoms with E-state index in [0.717, 1.165) is 19.3 Å². The number of rotatable bonds is 6. The molecule has 0 aliphatic rings. The van der Waals surface area contributed by atoms with E-state index in [0.29, 0.717) is 0 Å². The smallest absolute Gasteiger partial charge is 0.0822 e. The van der Waals surface area contributed by atoms with Crippen molar-refractivity contribution < 1.29 is 5.11 Å². The van der Waals surface area contributed by atoms with Crippen molar-refractivity contribution in [3.63, 3.8) is 0 Å². The number of unbranched alkanes of at least 4 members (excludes halogenated alkanes) is 3. The number of hydrogen-bond acceptors (Lipinski definition) is 0. The first-order valence-electron chi connectivity index (χ1n) is 5.15. The SMILES string of the molecule is [O]CCCCCCc1cccc(I)c1. The van der Waals surface area contributed by atoms with Gasteiger partial charge in [-0.15, -0.1) is 0 Å². The van der Waals surface area contributed by atoms with Crippen molar-refractivity contribution in [2.45, 2.75) is 32.1 Å². The maximum Gasteiger partial charge on any atom is 0.0822 e. The largest absolute Gasteiger partial charge is 0.237 e. The van der Waals surface area contributed by atoms with Crippen LogP contribution in [0.15, 0.2) is 24.3 Å². The topological polar surface area (TPSA) is 19.9 Å². The third kappa shape index (κ3) is 4.96. The summed E-state index contributed by atoms with van der Waals surface area (Å²) in [7, 11) is 0. The van der Waals surface area contributed by atoms with Crippen LogP contribution < -0.4 is 0 Å². The Hall–Kier alpha value is -0.0900. The van der Waals surface area contributed by atoms with E-state index in [9.17, 15) is 5.11 Å². The molecule has 0 aromatic heterocycles. The Morgan fingerprint density at radius 3 is 2.57 bits per heavy atom. The van der Waals surface area contributed by atoms with Crippen molar-refractivity contribution in [2.75, 3.05) is 6.61 Å². The molecule has 0 amide bonds. The zero-order valence-electron chi connectivity index (χ0n) is 8.34. The summed E-state index contributed by atoms with van der Waals surface area (Å²) in [5, 5.41) is 10.2. The summed E-state index contributed by atoms with van der Waals surface area (Å²) in [5.74, 6) is 0. The van der Waals surface area contributed by atoms with Gasteiger partial charge in [0.2, 0.25) is 0 Å². The summed E-state index contributed by atoms with van der Waals surface area (Å²) in [6, 6.07) is 8.63. The third-order valence-corrected chi connectivity index (χ3v) is 2.92. The van der Waals surface area contributed by atoms with Crippen LogP contribution in [0.5, 0.6) is 0 Å². The van der Waals surface area contributed by atoms with Gasteiger partial charge in [0.05, 0.1) is 6.61 Å². The van der Waals surface area contributed by atoms with E-state index in [-0.39, 0.29) is 6.61 Å². The fraction of sp³-hybridized carbons (Fsp3) is 0.500. The van der Waals surface area contributed by atoms with E-state index >= 15 is 0 Å². The molecule has 0 saturated carbocycles. The minimum atomic E-state index is 0.0865. The Kier molecular flexibility index (Phi) is 6.19. The third-order valence-electron chi connectivity index (χ3n) is 2.25. The normalized spacial score (nSPS) is 10.4. The molecule has 0 unspecified atom stereocenters. The number of halogens is 1. The van der Waals surface area contributed by atoms with Gasteiger partial charge in [0, 0.05) is 3.57 Å². The van der Waals surface area contributed by atoms with Crippen LogP contribution in [0, 0.1) is 3.57 Å². The van der Waals surface area contributed by atoms with Crippen molar-refractivity contribution in [3.05, 3.63) is 33.4 Å². The molecule has 0 aliphatic carbocycles. The van der Waals surface area contributed by atoms with Crippen LogP contribution in [0.2, 0.25) is 0 Å². The van der Waals surface area contributed by atoms with Gasteiger partial charge in [0.1, 0.15) is 0 Å². The van der Waals surface area contributed by atoms with Gasteiger partial charge in [0.15, 0.2) is 0 Å². The highest BCUT2D eigenvalue weighted by atomic mass is 127. The molecule has 0 heterocycles. The van der Waals surface area contributed by atoms with E-state index in [4.69, 9.17) is 0 Å². The van der Waals surface area contributed by atoms with Gasteiger partial charge < -0.3 is 0 Å². The van der Waals surface area contributed by atoms with Crippen LogP contribution in [-0.2, 0) is 11.5 Å². The van der Waals surface area contributed by atoms with Gasteiger partial charge in [-0.05, 0) is 59.5 Å². The van der Waals surface area contributed by atoms with Gasteiger partial charge in [0.25, 0.3) is 0 Å². The Bertz CT molecular complexity index is 260. The molecule has 0 spiro atoms. The summed E-state index contributed by atoms with van der Waals surface area (Å²) < 4.78 is 1.31. The van der Waals surface area contributed by atoms with Gasteiger partial charge in [-0.25, -0.2) is 5.11 Å². The van der Waals surface area contributed by atoms with Crippen molar-refractivity contribution in [1.29, 1.82) is 0 Å². The van der Waals surface area contributed by atoms with Crippen molar-refractivity contribution in [3.8, 4) is 0 Å². The second-order valence-electron chi connectivity index (χ2n) is 3.50. The average Bonchev–Trinajstić information content (AvgIpc) is 2.18. The molecule has 1 rings (SSSR count). The molecule has 0 N–H and O–H groups in total. The lowest BCUT2D eigenvalue weighted by Crippen LogP contribution is -1.87. The second-order valence-corrected chi connectivity index (χ2v) is 4.74. The quantitative estimate of drug-likeness (QED) is 0.562. The van der Waals surface area contributed by atoms with E-state index in [2.05, 4.69) is 46.9 Å². The number of hydrogen-bond donors (Lipinski definition) is 0. The Morgan fingerprint density at radius 1 is 1.07 bits per heavy atom. The Balaban J connectivity index is 2.18. The summed E-state index contributed by atoms with van der Waals surface area (Å²) >= 11 is 2.34. The van der Waals surface area contributed by atoms with E-state index in [1.165, 1.54) is 22.0 Å². The predicted molar refractivity (Wildman–Crippen MR) is 66.9 cm³/mol. The number of benzene rings is 1. The van der Waals surface area contributed by atoms with Crippen molar-refractivity contribution in [1.82, 2.24) is 0 Å². The van der Waals surface area contributed by atoms with E-state index in [1.54, 1.807) is 0 Å². The molecule has 77 valence electrons.